The third-order valence-electron chi connectivity index (χ3n) is 2.19. The zero-order valence-electron chi connectivity index (χ0n) is 8.83. The SMILES string of the molecule is Cc1nc(Cc2cccc(Br)c2)cc(=O)[nH]1. The van der Waals surface area contributed by atoms with E-state index < -0.39 is 0 Å². The lowest BCUT2D eigenvalue weighted by Crippen LogP contribution is -2.10. The third kappa shape index (κ3) is 2.79. The van der Waals surface area contributed by atoms with Crippen molar-refractivity contribution in [2.45, 2.75) is 13.3 Å². The third-order valence-corrected chi connectivity index (χ3v) is 2.68. The standard InChI is InChI=1S/C12H11BrN2O/c1-8-14-11(7-12(16)15-8)6-9-3-2-4-10(13)5-9/h2-5,7H,6H2,1H3,(H,14,15,16). The van der Waals surface area contributed by atoms with Crippen LogP contribution in [0.3, 0.4) is 0 Å². The molecule has 2 rings (SSSR count). The molecule has 0 aliphatic carbocycles. The van der Waals surface area contributed by atoms with Gasteiger partial charge in [-0.2, -0.15) is 0 Å². The molecule has 0 fully saturated rings. The molecule has 0 radical (unpaired) electrons. The number of rotatable bonds is 2. The highest BCUT2D eigenvalue weighted by Crippen LogP contribution is 2.13. The predicted octanol–water partition coefficient (Wildman–Crippen LogP) is 2.43. The highest BCUT2D eigenvalue weighted by Gasteiger charge is 2.00. The Bertz CT molecular complexity index is 563. The van der Waals surface area contributed by atoms with Crippen molar-refractivity contribution in [1.82, 2.24) is 9.97 Å². The number of aromatic nitrogens is 2. The maximum absolute atomic E-state index is 11.3. The maximum atomic E-state index is 11.3. The minimum Gasteiger partial charge on any atom is -0.311 e. The monoisotopic (exact) mass is 278 g/mol. The number of hydrogen-bond acceptors (Lipinski definition) is 2. The molecule has 0 amide bonds. The summed E-state index contributed by atoms with van der Waals surface area (Å²) in [4.78, 5) is 18.2. The molecule has 4 heteroatoms. The van der Waals surface area contributed by atoms with Gasteiger partial charge in [0.1, 0.15) is 5.82 Å². The van der Waals surface area contributed by atoms with Gasteiger partial charge in [0.15, 0.2) is 0 Å². The van der Waals surface area contributed by atoms with E-state index in [0.29, 0.717) is 12.2 Å². The number of aromatic amines is 1. The average Bonchev–Trinajstić information content (AvgIpc) is 2.15. The van der Waals surface area contributed by atoms with Crippen LogP contribution in [-0.2, 0) is 6.42 Å². The summed E-state index contributed by atoms with van der Waals surface area (Å²) in [7, 11) is 0. The van der Waals surface area contributed by atoms with Gasteiger partial charge < -0.3 is 4.98 Å². The second kappa shape index (κ2) is 4.61. The van der Waals surface area contributed by atoms with Crippen LogP contribution in [0.15, 0.2) is 39.6 Å². The Kier molecular flexibility index (Phi) is 3.19. The van der Waals surface area contributed by atoms with E-state index >= 15 is 0 Å². The molecule has 0 aliphatic heterocycles. The minimum atomic E-state index is -0.0995. The van der Waals surface area contributed by atoms with Gasteiger partial charge in [-0.25, -0.2) is 4.98 Å². The first-order chi connectivity index (χ1) is 7.63. The molecule has 2 aromatic rings. The number of nitrogens with one attached hydrogen (secondary N) is 1. The molecule has 0 aliphatic rings. The van der Waals surface area contributed by atoms with E-state index in [0.717, 1.165) is 15.7 Å². The van der Waals surface area contributed by atoms with Gasteiger partial charge in [-0.15, -0.1) is 0 Å². The van der Waals surface area contributed by atoms with E-state index in [1.807, 2.05) is 24.3 Å². The van der Waals surface area contributed by atoms with E-state index in [4.69, 9.17) is 0 Å². The number of nitrogens with zero attached hydrogens (tertiary/aromatic N) is 1. The van der Waals surface area contributed by atoms with Crippen LogP contribution >= 0.6 is 15.9 Å². The molecular weight excluding hydrogens is 268 g/mol. The van der Waals surface area contributed by atoms with Gasteiger partial charge in [0.2, 0.25) is 0 Å². The first kappa shape index (κ1) is 11.1. The molecule has 0 saturated carbocycles. The van der Waals surface area contributed by atoms with Gasteiger partial charge in [-0.3, -0.25) is 4.79 Å². The van der Waals surface area contributed by atoms with Crippen molar-refractivity contribution in [1.29, 1.82) is 0 Å². The van der Waals surface area contributed by atoms with Gasteiger partial charge >= 0.3 is 0 Å². The van der Waals surface area contributed by atoms with E-state index in [2.05, 4.69) is 25.9 Å². The van der Waals surface area contributed by atoms with Crippen molar-refractivity contribution in [2.24, 2.45) is 0 Å². The fraction of sp³-hybridized carbons (Fsp3) is 0.167. The first-order valence-corrected chi connectivity index (χ1v) is 5.74. The van der Waals surface area contributed by atoms with Crippen molar-refractivity contribution in [3.63, 3.8) is 0 Å². The Morgan fingerprint density at radius 1 is 1.38 bits per heavy atom. The largest absolute Gasteiger partial charge is 0.311 e. The molecule has 0 spiro atoms. The highest BCUT2D eigenvalue weighted by molar-refractivity contribution is 9.10. The lowest BCUT2D eigenvalue weighted by atomic mass is 10.1. The summed E-state index contributed by atoms with van der Waals surface area (Å²) in [5, 5.41) is 0. The molecule has 1 N–H and O–H groups in total. The normalized spacial score (nSPS) is 10.4. The number of hydrogen-bond donors (Lipinski definition) is 1. The zero-order valence-corrected chi connectivity index (χ0v) is 10.4. The summed E-state index contributed by atoms with van der Waals surface area (Å²) >= 11 is 3.42. The Labute approximate surface area is 102 Å². The van der Waals surface area contributed by atoms with Crippen molar-refractivity contribution >= 4 is 15.9 Å². The summed E-state index contributed by atoms with van der Waals surface area (Å²) in [6.07, 6.45) is 0.671. The van der Waals surface area contributed by atoms with Crippen molar-refractivity contribution < 1.29 is 0 Å². The summed E-state index contributed by atoms with van der Waals surface area (Å²) < 4.78 is 1.03. The van der Waals surface area contributed by atoms with Gasteiger partial charge in [0.25, 0.3) is 5.56 Å². The quantitative estimate of drug-likeness (QED) is 0.917. The zero-order chi connectivity index (χ0) is 11.5. The second-order valence-corrected chi connectivity index (χ2v) is 4.54. The minimum absolute atomic E-state index is 0.0995. The number of H-pyrrole nitrogens is 1. The fourth-order valence-electron chi connectivity index (χ4n) is 1.59. The van der Waals surface area contributed by atoms with E-state index in [1.165, 1.54) is 6.07 Å². The van der Waals surface area contributed by atoms with E-state index in [-0.39, 0.29) is 5.56 Å². The smallest absolute Gasteiger partial charge is 0.251 e. The van der Waals surface area contributed by atoms with Crippen LogP contribution in [0.25, 0.3) is 0 Å². The molecule has 82 valence electrons. The van der Waals surface area contributed by atoms with Gasteiger partial charge in [-0.05, 0) is 24.6 Å². The Balaban J connectivity index is 2.30. The van der Waals surface area contributed by atoms with Crippen LogP contribution < -0.4 is 5.56 Å². The van der Waals surface area contributed by atoms with Gasteiger partial charge in [0, 0.05) is 17.0 Å². The van der Waals surface area contributed by atoms with Crippen LogP contribution in [0.2, 0.25) is 0 Å². The first-order valence-electron chi connectivity index (χ1n) is 4.95. The topological polar surface area (TPSA) is 45.8 Å². The molecule has 16 heavy (non-hydrogen) atoms. The molecule has 1 aromatic carbocycles. The number of aryl methyl sites for hydroxylation is 1. The molecule has 1 heterocycles. The maximum Gasteiger partial charge on any atom is 0.251 e. The van der Waals surface area contributed by atoms with Gasteiger partial charge in [-0.1, -0.05) is 28.1 Å². The molecular formula is C12H11BrN2O. The summed E-state index contributed by atoms with van der Waals surface area (Å²) in [5.41, 5.74) is 1.82. The Morgan fingerprint density at radius 2 is 2.19 bits per heavy atom. The van der Waals surface area contributed by atoms with E-state index in [1.54, 1.807) is 6.92 Å². The summed E-state index contributed by atoms with van der Waals surface area (Å²) in [6.45, 7) is 1.78. The molecule has 0 bridgehead atoms. The highest BCUT2D eigenvalue weighted by atomic mass is 79.9. The summed E-state index contributed by atoms with van der Waals surface area (Å²) in [5.74, 6) is 0.650. The van der Waals surface area contributed by atoms with Crippen LogP contribution in [-0.4, -0.2) is 9.97 Å². The molecule has 0 atom stereocenters. The lowest BCUT2D eigenvalue weighted by molar-refractivity contribution is 0.945. The molecule has 0 saturated heterocycles. The second-order valence-electron chi connectivity index (χ2n) is 3.63. The molecule has 1 aromatic heterocycles. The van der Waals surface area contributed by atoms with Crippen molar-refractivity contribution in [3.05, 3.63) is 62.2 Å². The lowest BCUT2D eigenvalue weighted by Gasteiger charge is -2.02. The molecule has 3 nitrogen and oxygen atoms in total. The van der Waals surface area contributed by atoms with Crippen LogP contribution in [0.1, 0.15) is 17.1 Å². The fourth-order valence-corrected chi connectivity index (χ4v) is 2.03. The van der Waals surface area contributed by atoms with Crippen molar-refractivity contribution in [3.8, 4) is 0 Å². The Morgan fingerprint density at radius 3 is 2.88 bits per heavy atom. The van der Waals surface area contributed by atoms with E-state index in [9.17, 15) is 4.79 Å². The molecule has 0 unspecified atom stereocenters. The number of halogens is 1. The van der Waals surface area contributed by atoms with Crippen molar-refractivity contribution in [2.75, 3.05) is 0 Å². The average molecular weight is 279 g/mol. The summed E-state index contributed by atoms with van der Waals surface area (Å²) in [6, 6.07) is 9.52. The van der Waals surface area contributed by atoms with Gasteiger partial charge in [0.05, 0.1) is 5.69 Å². The van der Waals surface area contributed by atoms with Crippen LogP contribution in [0.4, 0.5) is 0 Å². The van der Waals surface area contributed by atoms with Crippen LogP contribution in [0.5, 0.6) is 0 Å². The number of benzene rings is 1. The predicted molar refractivity (Wildman–Crippen MR) is 66.5 cm³/mol. The Hall–Kier alpha value is -1.42. The van der Waals surface area contributed by atoms with Crippen LogP contribution in [0, 0.1) is 6.92 Å².